The summed E-state index contributed by atoms with van der Waals surface area (Å²) in [5, 5.41) is 3.60. The first-order chi connectivity index (χ1) is 7.24. The minimum atomic E-state index is 0.522. The number of rotatable bonds is 6. The van der Waals surface area contributed by atoms with Gasteiger partial charge in [-0.05, 0) is 20.5 Å². The van der Waals surface area contributed by atoms with Gasteiger partial charge in [0.15, 0.2) is 0 Å². The fraction of sp³-hybridized carbons (Fsp3) is 1.00. The second-order valence-corrected chi connectivity index (χ2v) is 4.33. The van der Waals surface area contributed by atoms with Crippen LogP contribution >= 0.6 is 0 Å². The molecule has 0 spiro atoms. The molecule has 90 valence electrons. The predicted molar refractivity (Wildman–Crippen MR) is 63.0 cm³/mol. The molecule has 1 saturated heterocycles. The molecule has 1 heterocycles. The van der Waals surface area contributed by atoms with Crippen molar-refractivity contribution in [2.45, 2.75) is 19.5 Å². The largest absolute Gasteiger partial charge is 0.379 e. The summed E-state index contributed by atoms with van der Waals surface area (Å²) in [5.41, 5.74) is 0. The molecular weight excluding hydrogens is 190 g/mol. The first-order valence-electron chi connectivity index (χ1n) is 5.94. The average Bonchev–Trinajstić information content (AvgIpc) is 2.25. The molecule has 0 aromatic carbocycles. The number of morpholine rings is 1. The maximum absolute atomic E-state index is 5.36. The highest BCUT2D eigenvalue weighted by molar-refractivity contribution is 4.71. The number of nitrogens with zero attached hydrogens (tertiary/aromatic N) is 2. The Labute approximate surface area is 93.6 Å². The van der Waals surface area contributed by atoms with Crippen molar-refractivity contribution in [2.75, 3.05) is 53.5 Å². The third-order valence-electron chi connectivity index (χ3n) is 2.81. The number of likely N-dealkylation sites (N-methyl/N-ethyl adjacent to an activating group) is 1. The van der Waals surface area contributed by atoms with E-state index in [2.05, 4.69) is 36.1 Å². The van der Waals surface area contributed by atoms with Crippen molar-refractivity contribution >= 4 is 0 Å². The lowest BCUT2D eigenvalue weighted by atomic mass is 10.3. The molecule has 1 aliphatic rings. The molecule has 0 bridgehead atoms. The number of hydrogen-bond acceptors (Lipinski definition) is 4. The summed E-state index contributed by atoms with van der Waals surface area (Å²) in [4.78, 5) is 4.69. The van der Waals surface area contributed by atoms with E-state index < -0.39 is 0 Å². The highest BCUT2D eigenvalue weighted by atomic mass is 16.5. The van der Waals surface area contributed by atoms with Crippen LogP contribution in [0.5, 0.6) is 0 Å². The van der Waals surface area contributed by atoms with E-state index in [0.717, 1.165) is 45.8 Å². The zero-order valence-corrected chi connectivity index (χ0v) is 10.3. The molecule has 15 heavy (non-hydrogen) atoms. The Morgan fingerprint density at radius 3 is 2.53 bits per heavy atom. The van der Waals surface area contributed by atoms with Gasteiger partial charge in [0, 0.05) is 26.2 Å². The Balaban J connectivity index is 2.21. The molecule has 0 saturated carbocycles. The molecule has 1 aliphatic heterocycles. The standard InChI is InChI=1S/C11H25N3O/c1-4-11(12-5-6-13(2)3)14-7-9-15-10-8-14/h11-12H,4-10H2,1-3H3. The third kappa shape index (κ3) is 4.93. The van der Waals surface area contributed by atoms with Crippen molar-refractivity contribution in [1.82, 2.24) is 15.1 Å². The van der Waals surface area contributed by atoms with Crippen LogP contribution in [0.3, 0.4) is 0 Å². The van der Waals surface area contributed by atoms with Crippen molar-refractivity contribution in [2.24, 2.45) is 0 Å². The normalized spacial score (nSPS) is 20.8. The average molecular weight is 215 g/mol. The van der Waals surface area contributed by atoms with E-state index in [4.69, 9.17) is 4.74 Å². The summed E-state index contributed by atoms with van der Waals surface area (Å²) in [5.74, 6) is 0. The number of hydrogen-bond donors (Lipinski definition) is 1. The first-order valence-corrected chi connectivity index (χ1v) is 5.94. The van der Waals surface area contributed by atoms with Crippen LogP contribution in [0.1, 0.15) is 13.3 Å². The zero-order chi connectivity index (χ0) is 11.1. The highest BCUT2D eigenvalue weighted by Crippen LogP contribution is 2.04. The summed E-state index contributed by atoms with van der Waals surface area (Å²) in [6.07, 6.45) is 1.68. The lowest BCUT2D eigenvalue weighted by Crippen LogP contribution is -2.51. The number of ether oxygens (including phenoxy) is 1. The van der Waals surface area contributed by atoms with Crippen LogP contribution in [-0.4, -0.2) is 69.5 Å². The summed E-state index contributed by atoms with van der Waals surface area (Å²) in [7, 11) is 4.22. The van der Waals surface area contributed by atoms with Crippen LogP contribution in [0, 0.1) is 0 Å². The summed E-state index contributed by atoms with van der Waals surface area (Å²) < 4.78 is 5.36. The molecule has 0 aliphatic carbocycles. The van der Waals surface area contributed by atoms with Crippen molar-refractivity contribution < 1.29 is 4.74 Å². The van der Waals surface area contributed by atoms with E-state index >= 15 is 0 Å². The monoisotopic (exact) mass is 215 g/mol. The van der Waals surface area contributed by atoms with E-state index in [1.807, 2.05) is 0 Å². The SMILES string of the molecule is CCC(NCCN(C)C)N1CCOCC1. The van der Waals surface area contributed by atoms with Gasteiger partial charge in [0.25, 0.3) is 0 Å². The third-order valence-corrected chi connectivity index (χ3v) is 2.81. The molecule has 0 radical (unpaired) electrons. The van der Waals surface area contributed by atoms with Gasteiger partial charge in [0.1, 0.15) is 0 Å². The van der Waals surface area contributed by atoms with E-state index in [1.54, 1.807) is 0 Å². The van der Waals surface area contributed by atoms with Crippen LogP contribution in [0.25, 0.3) is 0 Å². The van der Waals surface area contributed by atoms with Gasteiger partial charge < -0.3 is 15.0 Å². The second-order valence-electron chi connectivity index (χ2n) is 4.33. The molecule has 0 amide bonds. The lowest BCUT2D eigenvalue weighted by Gasteiger charge is -2.34. The predicted octanol–water partition coefficient (Wildman–Crippen LogP) is 0.206. The fourth-order valence-corrected chi connectivity index (χ4v) is 1.88. The number of nitrogens with one attached hydrogen (secondary N) is 1. The smallest absolute Gasteiger partial charge is 0.0596 e. The van der Waals surface area contributed by atoms with Gasteiger partial charge in [-0.3, -0.25) is 4.90 Å². The quantitative estimate of drug-likeness (QED) is 0.685. The Morgan fingerprint density at radius 2 is 2.00 bits per heavy atom. The molecule has 0 aromatic rings. The topological polar surface area (TPSA) is 27.7 Å². The molecule has 0 aromatic heterocycles. The van der Waals surface area contributed by atoms with Crippen LogP contribution in [0.4, 0.5) is 0 Å². The Hall–Kier alpha value is -0.160. The second kappa shape index (κ2) is 7.17. The molecule has 1 atom stereocenters. The van der Waals surface area contributed by atoms with E-state index in [1.165, 1.54) is 0 Å². The molecular formula is C11H25N3O. The summed E-state index contributed by atoms with van der Waals surface area (Å²) in [6, 6.07) is 0. The van der Waals surface area contributed by atoms with Gasteiger partial charge in [-0.25, -0.2) is 0 Å². The first kappa shape index (κ1) is 12.9. The van der Waals surface area contributed by atoms with Gasteiger partial charge in [-0.2, -0.15) is 0 Å². The van der Waals surface area contributed by atoms with Gasteiger partial charge in [0.05, 0.1) is 19.4 Å². The minimum Gasteiger partial charge on any atom is -0.379 e. The van der Waals surface area contributed by atoms with Crippen molar-refractivity contribution in [3.05, 3.63) is 0 Å². The van der Waals surface area contributed by atoms with Crippen LogP contribution in [0.2, 0.25) is 0 Å². The maximum Gasteiger partial charge on any atom is 0.0596 e. The van der Waals surface area contributed by atoms with Crippen LogP contribution < -0.4 is 5.32 Å². The van der Waals surface area contributed by atoms with Gasteiger partial charge in [-0.1, -0.05) is 6.92 Å². The molecule has 4 nitrogen and oxygen atoms in total. The maximum atomic E-state index is 5.36. The molecule has 1 rings (SSSR count). The van der Waals surface area contributed by atoms with Gasteiger partial charge >= 0.3 is 0 Å². The van der Waals surface area contributed by atoms with E-state index in [-0.39, 0.29) is 0 Å². The van der Waals surface area contributed by atoms with Crippen molar-refractivity contribution in [1.29, 1.82) is 0 Å². The molecule has 1 fully saturated rings. The van der Waals surface area contributed by atoms with E-state index in [9.17, 15) is 0 Å². The minimum absolute atomic E-state index is 0.522. The zero-order valence-electron chi connectivity index (χ0n) is 10.3. The molecule has 4 heteroatoms. The van der Waals surface area contributed by atoms with Gasteiger partial charge in [-0.15, -0.1) is 0 Å². The van der Waals surface area contributed by atoms with Gasteiger partial charge in [0.2, 0.25) is 0 Å². The van der Waals surface area contributed by atoms with Crippen LogP contribution in [-0.2, 0) is 4.74 Å². The van der Waals surface area contributed by atoms with Crippen LogP contribution in [0.15, 0.2) is 0 Å². The summed E-state index contributed by atoms with van der Waals surface area (Å²) in [6.45, 7) is 8.28. The molecule has 1 N–H and O–H groups in total. The Bertz CT molecular complexity index is 158. The summed E-state index contributed by atoms with van der Waals surface area (Å²) >= 11 is 0. The van der Waals surface area contributed by atoms with Crippen molar-refractivity contribution in [3.8, 4) is 0 Å². The highest BCUT2D eigenvalue weighted by Gasteiger charge is 2.18. The van der Waals surface area contributed by atoms with E-state index in [0.29, 0.717) is 6.17 Å². The Kier molecular flexibility index (Phi) is 6.17. The Morgan fingerprint density at radius 1 is 1.33 bits per heavy atom. The fourth-order valence-electron chi connectivity index (χ4n) is 1.88. The lowest BCUT2D eigenvalue weighted by molar-refractivity contribution is 0.00770. The van der Waals surface area contributed by atoms with Crippen molar-refractivity contribution in [3.63, 3.8) is 0 Å². The molecule has 1 unspecified atom stereocenters.